The maximum absolute atomic E-state index is 12.7. The van der Waals surface area contributed by atoms with Crippen molar-refractivity contribution < 1.29 is 14.7 Å². The number of azo groups is 1. The molecule has 1 aliphatic rings. The van der Waals surface area contributed by atoms with E-state index >= 15 is 0 Å². The Bertz CT molecular complexity index is 1200. The highest BCUT2D eigenvalue weighted by Crippen LogP contribution is 2.36. The second kappa shape index (κ2) is 7.63. The number of aromatic hydroxyl groups is 1. The molecular formula is C21H18N4O3S. The van der Waals surface area contributed by atoms with Crippen LogP contribution in [0.2, 0.25) is 0 Å². The molecule has 0 saturated heterocycles. The summed E-state index contributed by atoms with van der Waals surface area (Å²) in [5, 5.41) is 18.4. The molecule has 2 heterocycles. The number of carbonyl (C=O) groups is 2. The third-order valence-electron chi connectivity index (χ3n) is 4.69. The average molecular weight is 406 g/mol. The number of aromatic nitrogens is 1. The maximum atomic E-state index is 12.7. The number of aromatic amines is 1. The van der Waals surface area contributed by atoms with E-state index in [1.165, 1.54) is 0 Å². The third-order valence-corrected chi connectivity index (χ3v) is 5.72. The summed E-state index contributed by atoms with van der Waals surface area (Å²) in [7, 11) is 0. The quantitative estimate of drug-likeness (QED) is 0.477. The van der Waals surface area contributed by atoms with Crippen molar-refractivity contribution in [2.24, 2.45) is 15.2 Å². The molecule has 29 heavy (non-hydrogen) atoms. The van der Waals surface area contributed by atoms with Gasteiger partial charge in [-0.25, -0.2) is 0 Å². The summed E-state index contributed by atoms with van der Waals surface area (Å²) in [6.45, 7) is 3.80. The number of rotatable bonds is 4. The number of para-hydroxylation sites is 1. The molecule has 0 bridgehead atoms. The zero-order chi connectivity index (χ0) is 20.5. The van der Waals surface area contributed by atoms with Crippen LogP contribution in [0.4, 0.5) is 5.69 Å². The van der Waals surface area contributed by atoms with E-state index in [-0.39, 0.29) is 28.9 Å². The van der Waals surface area contributed by atoms with Crippen molar-refractivity contribution in [3.05, 3.63) is 59.2 Å². The Kier molecular flexibility index (Phi) is 5.02. The summed E-state index contributed by atoms with van der Waals surface area (Å²) in [4.78, 5) is 31.6. The molecule has 1 aromatic heterocycles. The Morgan fingerprint density at radius 3 is 2.83 bits per heavy atom. The number of benzene rings is 2. The van der Waals surface area contributed by atoms with Gasteiger partial charge in [0.25, 0.3) is 5.91 Å². The second-order valence-electron chi connectivity index (χ2n) is 6.85. The Hall–Kier alpha value is -3.26. The highest BCUT2D eigenvalue weighted by atomic mass is 32.2. The second-order valence-corrected chi connectivity index (χ2v) is 8.02. The summed E-state index contributed by atoms with van der Waals surface area (Å²) in [5.41, 5.74) is 3.51. The van der Waals surface area contributed by atoms with E-state index in [1.807, 2.05) is 50.2 Å². The van der Waals surface area contributed by atoms with E-state index < -0.39 is 11.2 Å². The predicted molar refractivity (Wildman–Crippen MR) is 113 cm³/mol. The van der Waals surface area contributed by atoms with Crippen LogP contribution < -0.4 is 0 Å². The van der Waals surface area contributed by atoms with E-state index in [0.717, 1.165) is 28.4 Å². The largest absolute Gasteiger partial charge is 0.493 e. The van der Waals surface area contributed by atoms with Gasteiger partial charge in [-0.15, -0.1) is 10.2 Å². The monoisotopic (exact) mass is 406 g/mol. The molecule has 1 atom stereocenters. The molecular weight excluding hydrogens is 388 g/mol. The standard InChI is InChI=1S/C21H18N4O3S/c1-11-7-8-12(2)14(9-11)16(26)10-17-19(27)23-21(29-17)25-24-18-13-5-3-4-6-15(13)22-20(18)28/h3-9,17,22,28H,10H2,1-2H3. The van der Waals surface area contributed by atoms with Gasteiger partial charge >= 0.3 is 0 Å². The van der Waals surface area contributed by atoms with E-state index in [1.54, 1.807) is 6.07 Å². The Morgan fingerprint density at radius 2 is 2.00 bits per heavy atom. The number of thioether (sulfide) groups is 1. The maximum Gasteiger partial charge on any atom is 0.262 e. The van der Waals surface area contributed by atoms with Crippen LogP contribution in [-0.2, 0) is 4.79 Å². The number of fused-ring (bicyclic) bond motifs is 1. The van der Waals surface area contributed by atoms with Gasteiger partial charge in [-0.2, -0.15) is 4.99 Å². The molecule has 3 aromatic rings. The summed E-state index contributed by atoms with van der Waals surface area (Å²) in [6.07, 6.45) is 0.0502. The minimum absolute atomic E-state index is 0.0502. The van der Waals surface area contributed by atoms with Gasteiger partial charge in [0.15, 0.2) is 11.5 Å². The molecule has 2 aromatic carbocycles. The lowest BCUT2D eigenvalue weighted by Gasteiger charge is -2.08. The van der Waals surface area contributed by atoms with Crippen molar-refractivity contribution in [1.82, 2.24) is 4.98 Å². The highest BCUT2D eigenvalue weighted by molar-refractivity contribution is 8.15. The molecule has 1 unspecified atom stereocenters. The lowest BCUT2D eigenvalue weighted by molar-refractivity contribution is -0.117. The topological polar surface area (TPSA) is 107 Å². The van der Waals surface area contributed by atoms with E-state index in [4.69, 9.17) is 0 Å². The van der Waals surface area contributed by atoms with Gasteiger partial charge < -0.3 is 10.1 Å². The normalized spacial score (nSPS) is 16.7. The van der Waals surface area contributed by atoms with E-state index in [2.05, 4.69) is 20.2 Å². The number of aliphatic imine (C=N–C) groups is 1. The molecule has 0 radical (unpaired) electrons. The Labute approximate surface area is 171 Å². The zero-order valence-electron chi connectivity index (χ0n) is 15.8. The van der Waals surface area contributed by atoms with Crippen molar-refractivity contribution >= 4 is 45.2 Å². The minimum Gasteiger partial charge on any atom is -0.493 e. The van der Waals surface area contributed by atoms with Gasteiger partial charge in [0.2, 0.25) is 11.0 Å². The van der Waals surface area contributed by atoms with E-state index in [0.29, 0.717) is 10.9 Å². The fourth-order valence-electron chi connectivity index (χ4n) is 3.17. The summed E-state index contributed by atoms with van der Waals surface area (Å²) < 4.78 is 0. The van der Waals surface area contributed by atoms with Gasteiger partial charge in [-0.1, -0.05) is 47.7 Å². The van der Waals surface area contributed by atoms with Crippen LogP contribution >= 0.6 is 11.8 Å². The van der Waals surface area contributed by atoms with Crippen LogP contribution in [0.1, 0.15) is 27.9 Å². The summed E-state index contributed by atoms with van der Waals surface area (Å²) in [5.74, 6) is -0.600. The van der Waals surface area contributed by atoms with Crippen molar-refractivity contribution in [1.29, 1.82) is 0 Å². The van der Waals surface area contributed by atoms with Gasteiger partial charge in [0.05, 0.1) is 5.52 Å². The first-order valence-electron chi connectivity index (χ1n) is 9.03. The molecule has 0 saturated carbocycles. The zero-order valence-corrected chi connectivity index (χ0v) is 16.7. The first-order valence-corrected chi connectivity index (χ1v) is 9.91. The molecule has 1 aliphatic heterocycles. The number of aryl methyl sites for hydroxylation is 2. The molecule has 2 N–H and O–H groups in total. The van der Waals surface area contributed by atoms with Crippen LogP contribution in [-0.4, -0.2) is 32.2 Å². The number of nitrogens with one attached hydrogen (secondary N) is 1. The number of ketones is 1. The van der Waals surface area contributed by atoms with Gasteiger partial charge in [0, 0.05) is 17.4 Å². The average Bonchev–Trinajstić information content (AvgIpc) is 3.20. The van der Waals surface area contributed by atoms with E-state index in [9.17, 15) is 14.7 Å². The minimum atomic E-state index is -0.618. The number of hydrogen-bond donors (Lipinski definition) is 2. The first-order chi connectivity index (χ1) is 13.9. The van der Waals surface area contributed by atoms with Gasteiger partial charge in [-0.05, 0) is 31.5 Å². The van der Waals surface area contributed by atoms with Crippen LogP contribution in [0.3, 0.4) is 0 Å². The Morgan fingerprint density at radius 1 is 1.21 bits per heavy atom. The van der Waals surface area contributed by atoms with Crippen LogP contribution in [0.5, 0.6) is 5.88 Å². The number of hydrogen-bond acceptors (Lipinski definition) is 6. The fourth-order valence-corrected chi connectivity index (χ4v) is 4.04. The smallest absolute Gasteiger partial charge is 0.262 e. The number of amides is 1. The number of amidine groups is 1. The van der Waals surface area contributed by atoms with Crippen LogP contribution in [0, 0.1) is 13.8 Å². The lowest BCUT2D eigenvalue weighted by atomic mass is 9.99. The third kappa shape index (κ3) is 3.84. The van der Waals surface area contributed by atoms with Gasteiger partial charge in [0.1, 0.15) is 5.25 Å². The molecule has 146 valence electrons. The van der Waals surface area contributed by atoms with Crippen LogP contribution in [0.15, 0.2) is 57.7 Å². The highest BCUT2D eigenvalue weighted by Gasteiger charge is 2.31. The predicted octanol–water partition coefficient (Wildman–Crippen LogP) is 4.85. The number of nitrogens with zero attached hydrogens (tertiary/aromatic N) is 3. The first kappa shape index (κ1) is 19.1. The van der Waals surface area contributed by atoms with Gasteiger partial charge in [-0.3, -0.25) is 9.59 Å². The molecule has 0 fully saturated rings. The summed E-state index contributed by atoms with van der Waals surface area (Å²) in [6, 6.07) is 13.0. The lowest BCUT2D eigenvalue weighted by Crippen LogP contribution is -2.17. The molecule has 0 spiro atoms. The number of H-pyrrole nitrogens is 1. The van der Waals surface area contributed by atoms with Crippen LogP contribution in [0.25, 0.3) is 10.9 Å². The molecule has 1 amide bonds. The summed E-state index contributed by atoms with van der Waals surface area (Å²) >= 11 is 1.11. The number of carbonyl (C=O) groups excluding carboxylic acids is 2. The van der Waals surface area contributed by atoms with Crippen molar-refractivity contribution in [3.8, 4) is 5.88 Å². The number of Topliss-reactive ketones (excluding diaryl/α,β-unsaturated/α-hetero) is 1. The van der Waals surface area contributed by atoms with Crippen molar-refractivity contribution in [2.45, 2.75) is 25.5 Å². The molecule has 0 aliphatic carbocycles. The Balaban J connectivity index is 1.48. The fraction of sp³-hybridized carbons (Fsp3) is 0.190. The molecule has 4 rings (SSSR count). The van der Waals surface area contributed by atoms with Crippen molar-refractivity contribution in [2.75, 3.05) is 0 Å². The SMILES string of the molecule is Cc1ccc(C)c(C(=O)CC2SC(N=Nc3c(O)[nH]c4ccccc34)=NC2=O)c1. The molecule has 8 heteroatoms. The molecule has 7 nitrogen and oxygen atoms in total. The van der Waals surface area contributed by atoms with Crippen molar-refractivity contribution in [3.63, 3.8) is 0 Å².